The Balaban J connectivity index is 2.71. The first-order chi connectivity index (χ1) is 5.20. The molecule has 3 heteroatoms. The zero-order chi connectivity index (χ0) is 8.27. The maximum Gasteiger partial charge on any atom is 0.0707 e. The highest BCUT2D eigenvalue weighted by Gasteiger charge is 1.90. The summed E-state index contributed by atoms with van der Waals surface area (Å²) in [5, 5.41) is 5.89. The van der Waals surface area contributed by atoms with Crippen molar-refractivity contribution in [2.24, 2.45) is 12.1 Å². The number of hydrazone groups is 1. The molecule has 0 aliphatic rings. The summed E-state index contributed by atoms with van der Waals surface area (Å²) in [5.41, 5.74) is 1.11. The van der Waals surface area contributed by atoms with E-state index in [1.54, 1.807) is 5.01 Å². The average Bonchev–Trinajstić information content (AvgIpc) is 2.31. The van der Waals surface area contributed by atoms with Crippen molar-refractivity contribution in [3.63, 3.8) is 0 Å². The summed E-state index contributed by atoms with van der Waals surface area (Å²) < 4.78 is 2.02. The van der Waals surface area contributed by atoms with Crippen molar-refractivity contribution in [1.29, 1.82) is 0 Å². The highest BCUT2D eigenvalue weighted by atomic mass is 15.4. The molecule has 0 fully saturated rings. The minimum Gasteiger partial charge on any atom is -0.350 e. The molecule has 1 aromatic heterocycles. The van der Waals surface area contributed by atoms with E-state index in [9.17, 15) is 0 Å². The molecule has 0 atom stereocenters. The summed E-state index contributed by atoms with van der Waals surface area (Å²) in [6.45, 7) is 0. The van der Waals surface area contributed by atoms with Crippen LogP contribution in [0.25, 0.3) is 0 Å². The lowest BCUT2D eigenvalue weighted by atomic mass is 10.5. The van der Waals surface area contributed by atoms with Gasteiger partial charge >= 0.3 is 0 Å². The zero-order valence-electron chi connectivity index (χ0n) is 7.15. The predicted octanol–water partition coefficient (Wildman–Crippen LogP) is 0.921. The van der Waals surface area contributed by atoms with Gasteiger partial charge in [-0.3, -0.25) is 0 Å². The summed E-state index contributed by atoms with van der Waals surface area (Å²) in [7, 11) is 5.80. The van der Waals surface area contributed by atoms with E-state index in [4.69, 9.17) is 0 Å². The van der Waals surface area contributed by atoms with Gasteiger partial charge in [0.2, 0.25) is 0 Å². The molecule has 0 saturated carbocycles. The maximum absolute atomic E-state index is 4.12. The van der Waals surface area contributed by atoms with Gasteiger partial charge in [0.1, 0.15) is 0 Å². The molecular formula is C8H13N3. The Morgan fingerprint density at radius 1 is 1.55 bits per heavy atom. The van der Waals surface area contributed by atoms with Gasteiger partial charge < -0.3 is 9.58 Å². The Labute approximate surface area is 66.9 Å². The number of hydrogen-bond donors (Lipinski definition) is 0. The quantitative estimate of drug-likeness (QED) is 0.454. The summed E-state index contributed by atoms with van der Waals surface area (Å²) in [6, 6.07) is 4.02. The van der Waals surface area contributed by atoms with E-state index < -0.39 is 0 Å². The molecule has 0 N–H and O–H groups in total. The number of aryl methyl sites for hydroxylation is 1. The third kappa shape index (κ3) is 2.11. The summed E-state index contributed by atoms with van der Waals surface area (Å²) in [5.74, 6) is 0. The first-order valence-corrected chi connectivity index (χ1v) is 3.53. The van der Waals surface area contributed by atoms with E-state index in [1.165, 1.54) is 0 Å². The molecule has 0 aromatic carbocycles. The topological polar surface area (TPSA) is 20.5 Å². The fourth-order valence-corrected chi connectivity index (χ4v) is 0.783. The third-order valence-corrected chi connectivity index (χ3v) is 1.40. The van der Waals surface area contributed by atoms with Crippen LogP contribution in [0.15, 0.2) is 23.4 Å². The van der Waals surface area contributed by atoms with Crippen LogP contribution in [0.3, 0.4) is 0 Å². The van der Waals surface area contributed by atoms with Crippen LogP contribution in [0.2, 0.25) is 0 Å². The summed E-state index contributed by atoms with van der Waals surface area (Å²) >= 11 is 0. The lowest BCUT2D eigenvalue weighted by Gasteiger charge is -2.02. The Morgan fingerprint density at radius 3 is 2.73 bits per heavy atom. The summed E-state index contributed by atoms with van der Waals surface area (Å²) in [6.07, 6.45) is 3.83. The monoisotopic (exact) mass is 151 g/mol. The van der Waals surface area contributed by atoms with Crippen LogP contribution in [0.4, 0.5) is 0 Å². The lowest BCUT2D eigenvalue weighted by molar-refractivity contribution is 0.440. The van der Waals surface area contributed by atoms with E-state index in [2.05, 4.69) is 5.10 Å². The number of rotatable bonds is 2. The van der Waals surface area contributed by atoms with Gasteiger partial charge in [-0.15, -0.1) is 0 Å². The van der Waals surface area contributed by atoms with Gasteiger partial charge in [-0.2, -0.15) is 5.10 Å². The molecule has 0 saturated heterocycles. The smallest absolute Gasteiger partial charge is 0.0707 e. The largest absolute Gasteiger partial charge is 0.350 e. The lowest BCUT2D eigenvalue weighted by Crippen LogP contribution is -2.03. The van der Waals surface area contributed by atoms with Gasteiger partial charge in [-0.25, -0.2) is 0 Å². The Morgan fingerprint density at radius 2 is 2.27 bits per heavy atom. The Bertz CT molecular complexity index is 248. The molecular weight excluding hydrogens is 138 g/mol. The highest BCUT2D eigenvalue weighted by molar-refractivity contribution is 5.77. The molecule has 0 aliphatic carbocycles. The average molecular weight is 151 g/mol. The van der Waals surface area contributed by atoms with E-state index in [0.717, 1.165) is 5.69 Å². The van der Waals surface area contributed by atoms with Crippen molar-refractivity contribution in [3.8, 4) is 0 Å². The molecule has 3 nitrogen and oxygen atoms in total. The van der Waals surface area contributed by atoms with Crippen LogP contribution in [-0.4, -0.2) is 29.9 Å². The zero-order valence-corrected chi connectivity index (χ0v) is 7.15. The van der Waals surface area contributed by atoms with Crippen molar-refractivity contribution in [1.82, 2.24) is 9.58 Å². The first-order valence-electron chi connectivity index (χ1n) is 3.53. The molecule has 1 aromatic rings. The second-order valence-corrected chi connectivity index (χ2v) is 2.64. The highest BCUT2D eigenvalue weighted by Crippen LogP contribution is 1.95. The van der Waals surface area contributed by atoms with Crippen molar-refractivity contribution < 1.29 is 0 Å². The molecule has 1 heterocycles. The minimum absolute atomic E-state index is 1.11. The van der Waals surface area contributed by atoms with Gasteiger partial charge in [-0.05, 0) is 12.1 Å². The predicted molar refractivity (Wildman–Crippen MR) is 46.7 cm³/mol. The van der Waals surface area contributed by atoms with Crippen LogP contribution >= 0.6 is 0 Å². The Hall–Kier alpha value is -1.25. The second-order valence-electron chi connectivity index (χ2n) is 2.64. The van der Waals surface area contributed by atoms with E-state index in [1.807, 2.05) is 50.3 Å². The molecule has 1 rings (SSSR count). The van der Waals surface area contributed by atoms with Gasteiger partial charge in [-0.1, -0.05) is 0 Å². The standard InChI is InChI=1S/C8H13N3/c1-10(2)9-7-8-5-4-6-11(8)3/h4-7H,1-3H3/b9-7+. The molecule has 0 aliphatic heterocycles. The van der Waals surface area contributed by atoms with Crippen LogP contribution in [-0.2, 0) is 7.05 Å². The maximum atomic E-state index is 4.12. The van der Waals surface area contributed by atoms with Gasteiger partial charge in [0, 0.05) is 27.3 Å². The van der Waals surface area contributed by atoms with E-state index in [0.29, 0.717) is 0 Å². The first kappa shape index (κ1) is 7.85. The molecule has 0 unspecified atom stereocenters. The fraction of sp³-hybridized carbons (Fsp3) is 0.375. The summed E-state index contributed by atoms with van der Waals surface area (Å²) in [4.78, 5) is 0. The minimum atomic E-state index is 1.11. The normalized spacial score (nSPS) is 10.8. The van der Waals surface area contributed by atoms with E-state index in [-0.39, 0.29) is 0 Å². The van der Waals surface area contributed by atoms with Crippen LogP contribution in [0.1, 0.15) is 5.69 Å². The van der Waals surface area contributed by atoms with Crippen LogP contribution in [0.5, 0.6) is 0 Å². The molecule has 0 bridgehead atoms. The van der Waals surface area contributed by atoms with Crippen molar-refractivity contribution in [2.75, 3.05) is 14.1 Å². The van der Waals surface area contributed by atoms with Gasteiger partial charge in [0.05, 0.1) is 11.9 Å². The number of aromatic nitrogens is 1. The van der Waals surface area contributed by atoms with Crippen molar-refractivity contribution >= 4 is 6.21 Å². The van der Waals surface area contributed by atoms with Crippen molar-refractivity contribution in [2.45, 2.75) is 0 Å². The van der Waals surface area contributed by atoms with E-state index >= 15 is 0 Å². The van der Waals surface area contributed by atoms with Crippen molar-refractivity contribution in [3.05, 3.63) is 24.0 Å². The van der Waals surface area contributed by atoms with Crippen LogP contribution in [0, 0.1) is 0 Å². The molecule has 60 valence electrons. The molecule has 0 radical (unpaired) electrons. The van der Waals surface area contributed by atoms with Gasteiger partial charge in [0.15, 0.2) is 0 Å². The molecule has 0 spiro atoms. The second kappa shape index (κ2) is 3.23. The van der Waals surface area contributed by atoms with Crippen LogP contribution < -0.4 is 0 Å². The van der Waals surface area contributed by atoms with Gasteiger partial charge in [0.25, 0.3) is 0 Å². The fourth-order valence-electron chi connectivity index (χ4n) is 0.783. The number of nitrogens with zero attached hydrogens (tertiary/aromatic N) is 3. The molecule has 11 heavy (non-hydrogen) atoms. The molecule has 0 amide bonds. The third-order valence-electron chi connectivity index (χ3n) is 1.40. The SMILES string of the molecule is CN(C)/N=C/c1cccn1C. The number of hydrogen-bond acceptors (Lipinski definition) is 2. The Kier molecular flexibility index (Phi) is 2.31.